The first kappa shape index (κ1) is 23.4. The number of hydrogen-bond donors (Lipinski definition) is 1. The minimum absolute atomic E-state index is 0.0624. The molecule has 0 fully saturated rings. The maximum Gasteiger partial charge on any atom is 0.259 e. The molecule has 0 saturated carbocycles. The molecule has 34 heavy (non-hydrogen) atoms. The lowest BCUT2D eigenvalue weighted by molar-refractivity contribution is -0.139. The third kappa shape index (κ3) is 4.38. The van der Waals surface area contributed by atoms with Crippen LogP contribution in [0.15, 0.2) is 60.7 Å². The van der Waals surface area contributed by atoms with Crippen molar-refractivity contribution in [1.82, 2.24) is 10.2 Å². The predicted octanol–water partition coefficient (Wildman–Crippen LogP) is 4.27. The molecule has 3 aromatic carbocycles. The first-order chi connectivity index (χ1) is 16.3. The summed E-state index contributed by atoms with van der Waals surface area (Å²) in [5.41, 5.74) is 1.51. The van der Waals surface area contributed by atoms with E-state index in [1.165, 1.54) is 15.9 Å². The van der Waals surface area contributed by atoms with Gasteiger partial charge in [-0.05, 0) is 43.9 Å². The molecule has 2 unspecified atom stereocenters. The number of hydrogen-bond acceptors (Lipinski definition) is 3. The van der Waals surface area contributed by atoms with Crippen molar-refractivity contribution in [3.63, 3.8) is 0 Å². The van der Waals surface area contributed by atoms with Crippen LogP contribution in [0.1, 0.15) is 43.1 Å². The maximum atomic E-state index is 14.4. The van der Waals surface area contributed by atoms with E-state index in [2.05, 4.69) is 5.32 Å². The third-order valence-electron chi connectivity index (χ3n) is 6.41. The number of carbonyl (C=O) groups is 3. The summed E-state index contributed by atoms with van der Waals surface area (Å²) in [4.78, 5) is 42.4. The van der Waals surface area contributed by atoms with Crippen molar-refractivity contribution in [3.05, 3.63) is 77.6 Å². The quantitative estimate of drug-likeness (QED) is 0.545. The average Bonchev–Trinajstić information content (AvgIpc) is 3.11. The number of benzene rings is 3. The summed E-state index contributed by atoms with van der Waals surface area (Å²) in [6.07, 6.45) is 0.740. The highest BCUT2D eigenvalue weighted by atomic mass is 19.1. The van der Waals surface area contributed by atoms with Crippen molar-refractivity contribution in [3.8, 4) is 0 Å². The van der Waals surface area contributed by atoms with Gasteiger partial charge in [0, 0.05) is 29.1 Å². The number of anilines is 1. The Morgan fingerprint density at radius 2 is 1.74 bits per heavy atom. The Kier molecular flexibility index (Phi) is 6.63. The summed E-state index contributed by atoms with van der Waals surface area (Å²) in [5, 5.41) is 4.62. The van der Waals surface area contributed by atoms with Crippen LogP contribution in [0.3, 0.4) is 0 Å². The summed E-state index contributed by atoms with van der Waals surface area (Å²) >= 11 is 0. The number of nitrogens with one attached hydrogen (secondary N) is 1. The molecule has 176 valence electrons. The summed E-state index contributed by atoms with van der Waals surface area (Å²) in [6, 6.07) is 16.3. The Morgan fingerprint density at radius 3 is 2.44 bits per heavy atom. The molecule has 1 aliphatic heterocycles. The van der Waals surface area contributed by atoms with Crippen LogP contribution in [0.25, 0.3) is 10.8 Å². The fraction of sp³-hybridized carbons (Fsp3) is 0.296. The van der Waals surface area contributed by atoms with Gasteiger partial charge in [0.15, 0.2) is 0 Å². The average molecular weight is 462 g/mol. The highest BCUT2D eigenvalue weighted by Crippen LogP contribution is 2.37. The SMILES string of the molecule is CCC(C)NC(=O)C(C)N(Cc1ccccc1F)C(=O)CN1C(=O)c2cccc3cccc1c23. The van der Waals surface area contributed by atoms with Crippen LogP contribution < -0.4 is 10.2 Å². The predicted molar refractivity (Wildman–Crippen MR) is 130 cm³/mol. The second kappa shape index (κ2) is 9.63. The van der Waals surface area contributed by atoms with Gasteiger partial charge in [-0.2, -0.15) is 0 Å². The molecule has 3 aromatic rings. The Balaban J connectivity index is 1.63. The molecule has 1 heterocycles. The maximum absolute atomic E-state index is 14.4. The number of halogens is 1. The van der Waals surface area contributed by atoms with E-state index >= 15 is 0 Å². The molecule has 6 nitrogen and oxygen atoms in total. The first-order valence-corrected chi connectivity index (χ1v) is 11.5. The second-order valence-electron chi connectivity index (χ2n) is 8.68. The van der Waals surface area contributed by atoms with Crippen molar-refractivity contribution in [2.45, 2.75) is 45.8 Å². The van der Waals surface area contributed by atoms with E-state index in [0.717, 1.165) is 17.2 Å². The van der Waals surface area contributed by atoms with Gasteiger partial charge in [-0.3, -0.25) is 19.3 Å². The fourth-order valence-corrected chi connectivity index (χ4v) is 4.22. The van der Waals surface area contributed by atoms with E-state index in [4.69, 9.17) is 0 Å². The topological polar surface area (TPSA) is 69.7 Å². The molecular formula is C27H28FN3O3. The molecule has 0 saturated heterocycles. The molecule has 1 aliphatic rings. The van der Waals surface area contributed by atoms with Crippen LogP contribution >= 0.6 is 0 Å². The summed E-state index contributed by atoms with van der Waals surface area (Å²) in [7, 11) is 0. The van der Waals surface area contributed by atoms with Gasteiger partial charge in [0.2, 0.25) is 11.8 Å². The van der Waals surface area contributed by atoms with Crippen LogP contribution in [0.5, 0.6) is 0 Å². The lowest BCUT2D eigenvalue weighted by Crippen LogP contribution is -2.52. The molecule has 1 N–H and O–H groups in total. The van der Waals surface area contributed by atoms with Crippen LogP contribution in [0.2, 0.25) is 0 Å². The second-order valence-corrected chi connectivity index (χ2v) is 8.68. The van der Waals surface area contributed by atoms with Crippen LogP contribution in [-0.2, 0) is 16.1 Å². The van der Waals surface area contributed by atoms with E-state index in [0.29, 0.717) is 16.8 Å². The Bertz CT molecular complexity index is 1250. The van der Waals surface area contributed by atoms with Crippen LogP contribution in [0.4, 0.5) is 10.1 Å². The van der Waals surface area contributed by atoms with Gasteiger partial charge in [-0.15, -0.1) is 0 Å². The van der Waals surface area contributed by atoms with Crippen molar-refractivity contribution in [2.75, 3.05) is 11.4 Å². The first-order valence-electron chi connectivity index (χ1n) is 11.5. The molecule has 0 spiro atoms. The third-order valence-corrected chi connectivity index (χ3v) is 6.41. The number of nitrogens with zero attached hydrogens (tertiary/aromatic N) is 2. The zero-order valence-corrected chi connectivity index (χ0v) is 19.5. The van der Waals surface area contributed by atoms with E-state index in [-0.39, 0.29) is 30.9 Å². The summed E-state index contributed by atoms with van der Waals surface area (Å²) in [5.74, 6) is -1.47. The van der Waals surface area contributed by atoms with E-state index < -0.39 is 17.8 Å². The van der Waals surface area contributed by atoms with E-state index in [1.807, 2.05) is 44.2 Å². The summed E-state index contributed by atoms with van der Waals surface area (Å²) < 4.78 is 14.4. The lowest BCUT2D eigenvalue weighted by atomic mass is 10.1. The highest BCUT2D eigenvalue weighted by molar-refractivity contribution is 6.26. The Hall–Kier alpha value is -3.74. The van der Waals surface area contributed by atoms with Crippen LogP contribution in [-0.4, -0.2) is 41.2 Å². The molecule has 4 rings (SSSR count). The minimum Gasteiger partial charge on any atom is -0.352 e. The van der Waals surface area contributed by atoms with Gasteiger partial charge in [0.1, 0.15) is 18.4 Å². The molecule has 0 radical (unpaired) electrons. The zero-order valence-electron chi connectivity index (χ0n) is 19.5. The van der Waals surface area contributed by atoms with Gasteiger partial charge >= 0.3 is 0 Å². The van der Waals surface area contributed by atoms with Crippen molar-refractivity contribution >= 4 is 34.2 Å². The monoisotopic (exact) mass is 461 g/mol. The number of rotatable bonds is 8. The molecule has 2 atom stereocenters. The largest absolute Gasteiger partial charge is 0.352 e. The number of amides is 3. The van der Waals surface area contributed by atoms with Gasteiger partial charge in [0.05, 0.1) is 5.69 Å². The Labute approximate surface area is 198 Å². The molecule has 7 heteroatoms. The molecule has 3 amide bonds. The molecule has 0 aromatic heterocycles. The fourth-order valence-electron chi connectivity index (χ4n) is 4.22. The van der Waals surface area contributed by atoms with E-state index in [9.17, 15) is 18.8 Å². The zero-order chi connectivity index (χ0) is 24.4. The molecule has 0 bridgehead atoms. The van der Waals surface area contributed by atoms with Gasteiger partial charge in [-0.1, -0.05) is 49.4 Å². The minimum atomic E-state index is -0.850. The number of carbonyl (C=O) groups excluding carboxylic acids is 3. The summed E-state index contributed by atoms with van der Waals surface area (Å²) in [6.45, 7) is 5.13. The lowest BCUT2D eigenvalue weighted by Gasteiger charge is -2.31. The van der Waals surface area contributed by atoms with Crippen molar-refractivity contribution < 1.29 is 18.8 Å². The van der Waals surface area contributed by atoms with Crippen molar-refractivity contribution in [2.24, 2.45) is 0 Å². The van der Waals surface area contributed by atoms with Crippen LogP contribution in [0, 0.1) is 5.82 Å². The van der Waals surface area contributed by atoms with Gasteiger partial charge in [0.25, 0.3) is 5.91 Å². The van der Waals surface area contributed by atoms with Gasteiger partial charge < -0.3 is 10.2 Å². The van der Waals surface area contributed by atoms with E-state index in [1.54, 1.807) is 31.2 Å². The Morgan fingerprint density at radius 1 is 1.03 bits per heavy atom. The molecular weight excluding hydrogens is 433 g/mol. The standard InChI is InChI=1S/C27H28FN3O3/c1-4-17(2)29-26(33)18(3)30(15-20-9-5-6-13-22(20)28)24(32)16-31-23-14-8-11-19-10-7-12-21(25(19)23)27(31)34/h5-14,17-18H,4,15-16H2,1-3H3,(H,29,33). The normalized spacial score (nSPS) is 14.2. The molecule has 0 aliphatic carbocycles. The van der Waals surface area contributed by atoms with Crippen molar-refractivity contribution in [1.29, 1.82) is 0 Å². The highest BCUT2D eigenvalue weighted by Gasteiger charge is 2.34. The smallest absolute Gasteiger partial charge is 0.259 e. The van der Waals surface area contributed by atoms with Gasteiger partial charge in [-0.25, -0.2) is 4.39 Å².